The maximum Gasteiger partial charge on any atom is 0.240 e. The van der Waals surface area contributed by atoms with Gasteiger partial charge in [-0.15, -0.1) is 0 Å². The molecular weight excluding hydrogens is 244 g/mol. The van der Waals surface area contributed by atoms with Crippen molar-refractivity contribution in [3.05, 3.63) is 0 Å². The van der Waals surface area contributed by atoms with E-state index in [1.165, 1.54) is 0 Å². The van der Waals surface area contributed by atoms with Crippen molar-refractivity contribution in [3.63, 3.8) is 0 Å². The molecule has 2 atom stereocenters. The standard InChI is InChI=1S/C14H28N2O3/c1-5-11(6-2)16(7-8-18-3)14(17)13-9-12(19-4)10-15-13/h11-13,15H,5-10H2,1-4H3. The number of rotatable bonds is 8. The number of amides is 1. The molecule has 1 amide bonds. The highest BCUT2D eigenvalue weighted by Gasteiger charge is 2.34. The summed E-state index contributed by atoms with van der Waals surface area (Å²) in [5.41, 5.74) is 0. The monoisotopic (exact) mass is 272 g/mol. The third-order valence-corrected chi connectivity index (χ3v) is 3.92. The van der Waals surface area contributed by atoms with Gasteiger partial charge in [0, 0.05) is 33.4 Å². The fourth-order valence-corrected chi connectivity index (χ4v) is 2.66. The first kappa shape index (κ1) is 16.4. The van der Waals surface area contributed by atoms with Crippen LogP contribution in [0.25, 0.3) is 0 Å². The Balaban J connectivity index is 2.65. The maximum atomic E-state index is 12.6. The van der Waals surface area contributed by atoms with E-state index in [1.54, 1.807) is 14.2 Å². The average molecular weight is 272 g/mol. The highest BCUT2D eigenvalue weighted by atomic mass is 16.5. The van der Waals surface area contributed by atoms with Gasteiger partial charge in [0.15, 0.2) is 0 Å². The highest BCUT2D eigenvalue weighted by Crippen LogP contribution is 2.16. The van der Waals surface area contributed by atoms with Crippen molar-refractivity contribution < 1.29 is 14.3 Å². The topological polar surface area (TPSA) is 50.8 Å². The molecule has 1 aliphatic heterocycles. The predicted molar refractivity (Wildman–Crippen MR) is 75.2 cm³/mol. The first-order valence-corrected chi connectivity index (χ1v) is 7.23. The summed E-state index contributed by atoms with van der Waals surface area (Å²) >= 11 is 0. The Morgan fingerprint density at radius 3 is 2.53 bits per heavy atom. The molecule has 5 heteroatoms. The molecule has 0 saturated carbocycles. The van der Waals surface area contributed by atoms with E-state index in [9.17, 15) is 4.79 Å². The van der Waals surface area contributed by atoms with Gasteiger partial charge in [-0.2, -0.15) is 0 Å². The predicted octanol–water partition coefficient (Wildman–Crippen LogP) is 1.03. The minimum Gasteiger partial charge on any atom is -0.383 e. The van der Waals surface area contributed by atoms with Crippen molar-refractivity contribution in [3.8, 4) is 0 Å². The Kier molecular flexibility index (Phi) is 7.34. The number of carbonyl (C=O) groups is 1. The lowest BCUT2D eigenvalue weighted by Crippen LogP contribution is -2.49. The molecule has 0 aromatic carbocycles. The van der Waals surface area contributed by atoms with Gasteiger partial charge in [-0.25, -0.2) is 0 Å². The molecule has 0 aromatic heterocycles. The van der Waals surface area contributed by atoms with E-state index in [4.69, 9.17) is 9.47 Å². The highest BCUT2D eigenvalue weighted by molar-refractivity contribution is 5.82. The molecule has 1 heterocycles. The molecule has 2 unspecified atom stereocenters. The largest absolute Gasteiger partial charge is 0.383 e. The third kappa shape index (κ3) is 4.44. The van der Waals surface area contributed by atoms with Crippen LogP contribution in [0.4, 0.5) is 0 Å². The van der Waals surface area contributed by atoms with Crippen LogP contribution in [0.5, 0.6) is 0 Å². The van der Waals surface area contributed by atoms with E-state index in [2.05, 4.69) is 19.2 Å². The lowest BCUT2D eigenvalue weighted by Gasteiger charge is -2.32. The first-order chi connectivity index (χ1) is 9.17. The fraction of sp³-hybridized carbons (Fsp3) is 0.929. The van der Waals surface area contributed by atoms with E-state index in [1.807, 2.05) is 4.90 Å². The van der Waals surface area contributed by atoms with Crippen molar-refractivity contribution in [2.45, 2.75) is 51.3 Å². The summed E-state index contributed by atoms with van der Waals surface area (Å²) in [4.78, 5) is 14.6. The van der Waals surface area contributed by atoms with E-state index in [0.717, 1.165) is 25.8 Å². The molecular formula is C14H28N2O3. The maximum absolute atomic E-state index is 12.6. The third-order valence-electron chi connectivity index (χ3n) is 3.92. The van der Waals surface area contributed by atoms with Gasteiger partial charge in [0.25, 0.3) is 0 Å². The van der Waals surface area contributed by atoms with E-state index < -0.39 is 0 Å². The Morgan fingerprint density at radius 1 is 1.37 bits per heavy atom. The average Bonchev–Trinajstić information content (AvgIpc) is 2.91. The van der Waals surface area contributed by atoms with Crippen LogP contribution in [0.3, 0.4) is 0 Å². The molecule has 1 fully saturated rings. The SMILES string of the molecule is CCC(CC)N(CCOC)C(=O)C1CC(OC)CN1. The van der Waals surface area contributed by atoms with Gasteiger partial charge in [-0.05, 0) is 19.3 Å². The summed E-state index contributed by atoms with van der Waals surface area (Å²) in [6.07, 6.45) is 2.87. The summed E-state index contributed by atoms with van der Waals surface area (Å²) in [6.45, 7) is 6.26. The molecule has 1 N–H and O–H groups in total. The molecule has 0 aromatic rings. The molecule has 112 valence electrons. The minimum atomic E-state index is -0.109. The summed E-state index contributed by atoms with van der Waals surface area (Å²) < 4.78 is 10.4. The van der Waals surface area contributed by atoms with Gasteiger partial charge in [0.2, 0.25) is 5.91 Å². The van der Waals surface area contributed by atoms with Gasteiger partial charge in [0.05, 0.1) is 18.8 Å². The van der Waals surface area contributed by atoms with Gasteiger partial charge in [-0.1, -0.05) is 13.8 Å². The molecule has 1 saturated heterocycles. The summed E-state index contributed by atoms with van der Waals surface area (Å²) in [6, 6.07) is 0.188. The number of ether oxygens (including phenoxy) is 2. The van der Waals surface area contributed by atoms with Crippen LogP contribution in [0, 0.1) is 0 Å². The van der Waals surface area contributed by atoms with Crippen molar-refractivity contribution in [1.29, 1.82) is 0 Å². The molecule has 0 bridgehead atoms. The zero-order chi connectivity index (χ0) is 14.3. The number of nitrogens with one attached hydrogen (secondary N) is 1. The summed E-state index contributed by atoms with van der Waals surface area (Å²) in [5, 5.41) is 3.26. The number of nitrogens with zero attached hydrogens (tertiary/aromatic N) is 1. The Morgan fingerprint density at radius 2 is 2.05 bits per heavy atom. The normalized spacial score (nSPS) is 23.0. The van der Waals surface area contributed by atoms with Crippen molar-refractivity contribution in [2.24, 2.45) is 0 Å². The number of hydrogen-bond acceptors (Lipinski definition) is 4. The Bertz CT molecular complexity index is 269. The fourth-order valence-electron chi connectivity index (χ4n) is 2.66. The number of carbonyl (C=O) groups excluding carboxylic acids is 1. The molecule has 0 aliphatic carbocycles. The molecule has 19 heavy (non-hydrogen) atoms. The zero-order valence-electron chi connectivity index (χ0n) is 12.6. The van der Waals surface area contributed by atoms with Crippen LogP contribution in [0.2, 0.25) is 0 Å². The molecule has 0 radical (unpaired) electrons. The number of methoxy groups -OCH3 is 2. The molecule has 0 spiro atoms. The molecule has 5 nitrogen and oxygen atoms in total. The van der Waals surface area contributed by atoms with Crippen molar-refractivity contribution >= 4 is 5.91 Å². The lowest BCUT2D eigenvalue weighted by atomic mass is 10.1. The van der Waals surface area contributed by atoms with E-state index in [-0.39, 0.29) is 18.1 Å². The van der Waals surface area contributed by atoms with Crippen LogP contribution in [0.1, 0.15) is 33.1 Å². The smallest absolute Gasteiger partial charge is 0.240 e. The van der Waals surface area contributed by atoms with Crippen molar-refractivity contribution in [2.75, 3.05) is 33.9 Å². The Hall–Kier alpha value is -0.650. The number of hydrogen-bond donors (Lipinski definition) is 1. The first-order valence-electron chi connectivity index (χ1n) is 7.23. The van der Waals surface area contributed by atoms with E-state index >= 15 is 0 Å². The second kappa shape index (κ2) is 8.51. The molecule has 1 rings (SSSR count). The van der Waals surface area contributed by atoms with E-state index in [0.29, 0.717) is 19.2 Å². The van der Waals surface area contributed by atoms with Crippen LogP contribution in [0.15, 0.2) is 0 Å². The van der Waals surface area contributed by atoms with Gasteiger partial charge < -0.3 is 19.7 Å². The lowest BCUT2D eigenvalue weighted by molar-refractivity contribution is -0.136. The minimum absolute atomic E-state index is 0.109. The summed E-state index contributed by atoms with van der Waals surface area (Å²) in [5.74, 6) is 0.185. The second-order valence-electron chi connectivity index (χ2n) is 5.05. The summed E-state index contributed by atoms with van der Waals surface area (Å²) in [7, 11) is 3.37. The van der Waals surface area contributed by atoms with Crippen LogP contribution >= 0.6 is 0 Å². The van der Waals surface area contributed by atoms with Gasteiger partial charge >= 0.3 is 0 Å². The van der Waals surface area contributed by atoms with Crippen LogP contribution in [-0.4, -0.2) is 62.9 Å². The van der Waals surface area contributed by atoms with Gasteiger partial charge in [-0.3, -0.25) is 4.79 Å². The quantitative estimate of drug-likeness (QED) is 0.717. The van der Waals surface area contributed by atoms with Crippen LogP contribution < -0.4 is 5.32 Å². The van der Waals surface area contributed by atoms with Crippen molar-refractivity contribution in [1.82, 2.24) is 10.2 Å². The second-order valence-corrected chi connectivity index (χ2v) is 5.05. The van der Waals surface area contributed by atoms with Gasteiger partial charge in [0.1, 0.15) is 0 Å². The zero-order valence-corrected chi connectivity index (χ0v) is 12.6. The Labute approximate surface area is 116 Å². The van der Waals surface area contributed by atoms with Crippen LogP contribution in [-0.2, 0) is 14.3 Å². The molecule has 1 aliphatic rings.